The number of rotatable bonds is 4. The van der Waals surface area contributed by atoms with Crippen LogP contribution in [0.4, 0.5) is 0 Å². The molecule has 2 rings (SSSR count). The monoisotopic (exact) mass is 275 g/mol. The van der Waals surface area contributed by atoms with Gasteiger partial charge in [0, 0.05) is 11.6 Å². The molecule has 1 aromatic heterocycles. The van der Waals surface area contributed by atoms with Gasteiger partial charge in [0.1, 0.15) is 12.1 Å². The van der Waals surface area contributed by atoms with Gasteiger partial charge in [-0.25, -0.2) is 4.68 Å². The summed E-state index contributed by atoms with van der Waals surface area (Å²) in [6, 6.07) is 7.20. The predicted octanol–water partition coefficient (Wildman–Crippen LogP) is 0.956. The van der Waals surface area contributed by atoms with Gasteiger partial charge in [-0.15, -0.1) is 5.10 Å². The second kappa shape index (κ2) is 5.68. The molecule has 0 atom stereocenters. The minimum absolute atomic E-state index is 0.0314. The molecule has 0 fully saturated rings. The average molecular weight is 275 g/mol. The molecule has 0 aliphatic rings. The molecule has 1 amide bonds. The van der Waals surface area contributed by atoms with Crippen LogP contribution in [-0.2, 0) is 4.79 Å². The van der Waals surface area contributed by atoms with Gasteiger partial charge >= 0.3 is 0 Å². The summed E-state index contributed by atoms with van der Waals surface area (Å²) in [6.07, 6.45) is 1.49. The van der Waals surface area contributed by atoms with Gasteiger partial charge in [-0.2, -0.15) is 0 Å². The minimum Gasteiger partial charge on any atom is -0.484 e. The van der Waals surface area contributed by atoms with E-state index in [2.05, 4.69) is 20.8 Å². The van der Waals surface area contributed by atoms with E-state index in [9.17, 15) is 4.79 Å². The van der Waals surface area contributed by atoms with Crippen LogP contribution in [0.15, 0.2) is 30.6 Å². The van der Waals surface area contributed by atoms with E-state index < -0.39 is 0 Å². The van der Waals surface area contributed by atoms with Crippen molar-refractivity contribution in [1.82, 2.24) is 25.5 Å². The van der Waals surface area contributed by atoms with Crippen molar-refractivity contribution in [3.05, 3.63) is 30.6 Å². The molecule has 7 nitrogen and oxygen atoms in total. The molecule has 0 aliphatic heterocycles. The zero-order valence-corrected chi connectivity index (χ0v) is 11.7. The number of ether oxygens (including phenoxy) is 1. The number of hydrogen-bond acceptors (Lipinski definition) is 5. The van der Waals surface area contributed by atoms with Crippen molar-refractivity contribution in [2.75, 3.05) is 6.61 Å². The minimum atomic E-state index is -0.269. The zero-order valence-electron chi connectivity index (χ0n) is 11.7. The first kappa shape index (κ1) is 14.0. The Kier molecular flexibility index (Phi) is 3.97. The molecule has 0 unspecified atom stereocenters. The Morgan fingerprint density at radius 3 is 2.85 bits per heavy atom. The van der Waals surface area contributed by atoms with Crippen molar-refractivity contribution in [2.45, 2.75) is 26.3 Å². The lowest BCUT2D eigenvalue weighted by Crippen LogP contribution is -2.43. The van der Waals surface area contributed by atoms with Gasteiger partial charge in [0.25, 0.3) is 5.91 Å². The molecule has 0 radical (unpaired) electrons. The highest BCUT2D eigenvalue weighted by molar-refractivity contribution is 5.78. The summed E-state index contributed by atoms with van der Waals surface area (Å²) >= 11 is 0. The fraction of sp³-hybridized carbons (Fsp3) is 0.385. The Labute approximate surface area is 116 Å². The van der Waals surface area contributed by atoms with Gasteiger partial charge in [-0.1, -0.05) is 6.07 Å². The molecule has 20 heavy (non-hydrogen) atoms. The highest BCUT2D eigenvalue weighted by Crippen LogP contribution is 2.15. The van der Waals surface area contributed by atoms with Crippen LogP contribution in [0.1, 0.15) is 20.8 Å². The first-order chi connectivity index (χ1) is 9.44. The Balaban J connectivity index is 1.97. The molecule has 0 spiro atoms. The Morgan fingerprint density at radius 2 is 2.20 bits per heavy atom. The van der Waals surface area contributed by atoms with Crippen LogP contribution in [0.2, 0.25) is 0 Å². The van der Waals surface area contributed by atoms with Crippen LogP contribution >= 0.6 is 0 Å². The lowest BCUT2D eigenvalue weighted by atomic mass is 10.1. The molecular weight excluding hydrogens is 258 g/mol. The van der Waals surface area contributed by atoms with Gasteiger partial charge in [-0.05, 0) is 43.3 Å². The molecule has 0 bridgehead atoms. The number of aromatic nitrogens is 4. The number of nitrogens with one attached hydrogen (secondary N) is 1. The molecule has 0 saturated carbocycles. The standard InChI is InChI=1S/C13H17N5O2/c1-13(2,3)15-12(19)8-20-11-6-4-5-10(7-11)18-9-14-16-17-18/h4-7,9H,8H2,1-3H3,(H,15,19). The molecule has 0 aliphatic carbocycles. The van der Waals surface area contributed by atoms with Gasteiger partial charge in [0.05, 0.1) is 5.69 Å². The van der Waals surface area contributed by atoms with E-state index in [-0.39, 0.29) is 18.1 Å². The van der Waals surface area contributed by atoms with Crippen molar-refractivity contribution < 1.29 is 9.53 Å². The van der Waals surface area contributed by atoms with Crippen LogP contribution in [0.5, 0.6) is 5.75 Å². The topological polar surface area (TPSA) is 81.9 Å². The molecular formula is C13H17N5O2. The maximum absolute atomic E-state index is 11.7. The third-order valence-electron chi connectivity index (χ3n) is 2.32. The average Bonchev–Trinajstić information content (AvgIpc) is 2.88. The number of hydrogen-bond donors (Lipinski definition) is 1. The van der Waals surface area contributed by atoms with E-state index in [0.29, 0.717) is 5.75 Å². The van der Waals surface area contributed by atoms with E-state index in [0.717, 1.165) is 5.69 Å². The summed E-state index contributed by atoms with van der Waals surface area (Å²) in [5.74, 6) is 0.424. The van der Waals surface area contributed by atoms with Crippen molar-refractivity contribution in [3.8, 4) is 11.4 Å². The number of carbonyl (C=O) groups excluding carboxylic acids is 1. The van der Waals surface area contributed by atoms with E-state index in [1.54, 1.807) is 12.1 Å². The highest BCUT2D eigenvalue weighted by Gasteiger charge is 2.14. The molecule has 106 valence electrons. The molecule has 0 saturated heterocycles. The summed E-state index contributed by atoms with van der Waals surface area (Å²) in [7, 11) is 0. The van der Waals surface area contributed by atoms with Gasteiger partial charge in [-0.3, -0.25) is 4.79 Å². The van der Waals surface area contributed by atoms with Crippen molar-refractivity contribution in [1.29, 1.82) is 0 Å². The highest BCUT2D eigenvalue weighted by atomic mass is 16.5. The number of nitrogens with zero attached hydrogens (tertiary/aromatic N) is 4. The SMILES string of the molecule is CC(C)(C)NC(=O)COc1cccc(-n2cnnn2)c1. The number of carbonyl (C=O) groups is 1. The number of tetrazole rings is 1. The largest absolute Gasteiger partial charge is 0.484 e. The third-order valence-corrected chi connectivity index (χ3v) is 2.32. The molecule has 7 heteroatoms. The number of benzene rings is 1. The van der Waals surface area contributed by atoms with Crippen molar-refractivity contribution in [2.24, 2.45) is 0 Å². The second-order valence-corrected chi connectivity index (χ2v) is 5.34. The van der Waals surface area contributed by atoms with E-state index in [1.807, 2.05) is 32.9 Å². The fourth-order valence-electron chi connectivity index (χ4n) is 1.60. The summed E-state index contributed by atoms with van der Waals surface area (Å²) in [6.45, 7) is 5.73. The summed E-state index contributed by atoms with van der Waals surface area (Å²) in [5, 5.41) is 13.8. The lowest BCUT2D eigenvalue weighted by Gasteiger charge is -2.20. The first-order valence-corrected chi connectivity index (χ1v) is 6.21. The summed E-state index contributed by atoms with van der Waals surface area (Å²) < 4.78 is 6.97. The van der Waals surface area contributed by atoms with Crippen molar-refractivity contribution in [3.63, 3.8) is 0 Å². The van der Waals surface area contributed by atoms with Crippen LogP contribution in [0, 0.1) is 0 Å². The van der Waals surface area contributed by atoms with E-state index in [1.165, 1.54) is 11.0 Å². The molecule has 1 heterocycles. The Hall–Kier alpha value is -2.44. The summed E-state index contributed by atoms with van der Waals surface area (Å²) in [4.78, 5) is 11.7. The van der Waals surface area contributed by atoms with Crippen molar-refractivity contribution >= 4 is 5.91 Å². The molecule has 1 N–H and O–H groups in total. The fourth-order valence-corrected chi connectivity index (χ4v) is 1.60. The van der Waals surface area contributed by atoms with Crippen LogP contribution in [-0.4, -0.2) is 38.3 Å². The van der Waals surface area contributed by atoms with Gasteiger partial charge in [0.15, 0.2) is 6.61 Å². The van der Waals surface area contributed by atoms with Gasteiger partial charge < -0.3 is 10.1 Å². The van der Waals surface area contributed by atoms with Crippen LogP contribution < -0.4 is 10.1 Å². The quantitative estimate of drug-likeness (QED) is 0.898. The third kappa shape index (κ3) is 4.04. The maximum atomic E-state index is 11.7. The van der Waals surface area contributed by atoms with E-state index >= 15 is 0 Å². The van der Waals surface area contributed by atoms with Crippen LogP contribution in [0.3, 0.4) is 0 Å². The smallest absolute Gasteiger partial charge is 0.258 e. The Morgan fingerprint density at radius 1 is 1.40 bits per heavy atom. The second-order valence-electron chi connectivity index (χ2n) is 5.34. The zero-order chi connectivity index (χ0) is 14.6. The maximum Gasteiger partial charge on any atom is 0.258 e. The predicted molar refractivity (Wildman–Crippen MR) is 72.5 cm³/mol. The molecule has 2 aromatic rings. The van der Waals surface area contributed by atoms with Crippen LogP contribution in [0.25, 0.3) is 5.69 Å². The first-order valence-electron chi connectivity index (χ1n) is 6.21. The number of amides is 1. The van der Waals surface area contributed by atoms with E-state index in [4.69, 9.17) is 4.74 Å². The normalized spacial score (nSPS) is 11.2. The van der Waals surface area contributed by atoms with Gasteiger partial charge in [0.2, 0.25) is 0 Å². The molecule has 1 aromatic carbocycles. The lowest BCUT2D eigenvalue weighted by molar-refractivity contribution is -0.124. The summed E-state index contributed by atoms with van der Waals surface area (Å²) in [5.41, 5.74) is 0.498. The Bertz CT molecular complexity index is 575.